The average molecular weight is 500 g/mol. The molecule has 3 aromatic rings. The Labute approximate surface area is 215 Å². The lowest BCUT2D eigenvalue weighted by atomic mass is 10.00. The van der Waals surface area contributed by atoms with Crippen LogP contribution in [0.15, 0.2) is 45.8 Å². The molecule has 0 N–H and O–H groups in total. The van der Waals surface area contributed by atoms with Gasteiger partial charge in [-0.2, -0.15) is 0 Å². The second-order valence-electron chi connectivity index (χ2n) is 11.3. The van der Waals surface area contributed by atoms with Gasteiger partial charge in [0.25, 0.3) is 5.91 Å². The molecule has 2 saturated carbocycles. The highest BCUT2D eigenvalue weighted by molar-refractivity contribution is 6.16. The molecule has 2 aliphatic carbocycles. The van der Waals surface area contributed by atoms with E-state index in [4.69, 9.17) is 9.41 Å². The van der Waals surface area contributed by atoms with E-state index in [1.54, 1.807) is 11.0 Å². The van der Waals surface area contributed by atoms with E-state index >= 15 is 4.39 Å². The molecule has 0 radical (unpaired) electrons. The van der Waals surface area contributed by atoms with Crippen LogP contribution in [0.5, 0.6) is 0 Å². The van der Waals surface area contributed by atoms with Crippen LogP contribution in [0.1, 0.15) is 49.0 Å². The molecule has 7 rings (SSSR count). The first-order valence-electron chi connectivity index (χ1n) is 13.3. The van der Waals surface area contributed by atoms with Crippen LogP contribution in [0.25, 0.3) is 22.1 Å². The zero-order valence-electron chi connectivity index (χ0n) is 21.2. The molecule has 2 aliphatic heterocycles. The highest BCUT2D eigenvalue weighted by Gasteiger charge is 2.58. The molecule has 7 heteroatoms. The molecule has 2 aromatic carbocycles. The van der Waals surface area contributed by atoms with Crippen molar-refractivity contribution in [2.45, 2.75) is 51.5 Å². The molecule has 3 fully saturated rings. The second-order valence-corrected chi connectivity index (χ2v) is 11.3. The highest BCUT2D eigenvalue weighted by atomic mass is 19.1. The lowest BCUT2D eigenvalue weighted by molar-refractivity contribution is -0.131. The van der Waals surface area contributed by atoms with Gasteiger partial charge in [-0.15, -0.1) is 0 Å². The molecule has 4 aliphatic rings. The molecular weight excluding hydrogens is 469 g/mol. The Balaban J connectivity index is 1.16. The van der Waals surface area contributed by atoms with Gasteiger partial charge < -0.3 is 9.32 Å². The number of aryl methyl sites for hydroxylation is 2. The molecule has 1 saturated heterocycles. The van der Waals surface area contributed by atoms with Crippen molar-refractivity contribution in [2.24, 2.45) is 16.8 Å². The summed E-state index contributed by atoms with van der Waals surface area (Å²) in [6, 6.07) is 11.1. The van der Waals surface area contributed by atoms with Crippen LogP contribution in [0, 0.1) is 31.5 Å². The summed E-state index contributed by atoms with van der Waals surface area (Å²) in [5.74, 6) is 1.56. The summed E-state index contributed by atoms with van der Waals surface area (Å²) in [7, 11) is 0. The predicted octanol–water partition coefficient (Wildman–Crippen LogP) is 5.24. The molecule has 6 nitrogen and oxygen atoms in total. The standard InChI is InChI=1S/C30H30FN3O3/c1-17-18(2)37-26-8-6-21(13-24(17)26)22-5-7-23(25(31)14-22)27-32-30(10-11-30)29(36)34(27)16-19-9-12-33(15-19)28(35)20-3-4-20/h5-8,13-14,19-20H,3-4,9-12,15-16H2,1-2H3. The monoisotopic (exact) mass is 499 g/mol. The van der Waals surface area contributed by atoms with Gasteiger partial charge in [0, 0.05) is 30.9 Å². The van der Waals surface area contributed by atoms with Gasteiger partial charge in [0.2, 0.25) is 5.91 Å². The number of hydrogen-bond acceptors (Lipinski definition) is 4. The molecule has 1 unspecified atom stereocenters. The quantitative estimate of drug-likeness (QED) is 0.483. The number of carbonyl (C=O) groups is 2. The van der Waals surface area contributed by atoms with Gasteiger partial charge in [-0.3, -0.25) is 19.5 Å². The average Bonchev–Trinajstić information content (AvgIpc) is 3.80. The molecule has 1 atom stereocenters. The number of amidine groups is 1. The normalized spacial score (nSPS) is 22.4. The Morgan fingerprint density at radius 3 is 2.59 bits per heavy atom. The van der Waals surface area contributed by atoms with E-state index < -0.39 is 5.54 Å². The number of fused-ring (bicyclic) bond motifs is 1. The Hall–Kier alpha value is -3.48. The summed E-state index contributed by atoms with van der Waals surface area (Å²) in [5, 5.41) is 1.03. The summed E-state index contributed by atoms with van der Waals surface area (Å²) in [6.45, 7) is 5.85. The summed E-state index contributed by atoms with van der Waals surface area (Å²) in [6.07, 6.45) is 4.28. The molecule has 190 valence electrons. The van der Waals surface area contributed by atoms with Crippen molar-refractivity contribution in [3.05, 3.63) is 59.1 Å². The minimum absolute atomic E-state index is 0.0193. The van der Waals surface area contributed by atoms with Gasteiger partial charge in [-0.05, 0) is 92.8 Å². The topological polar surface area (TPSA) is 66.1 Å². The van der Waals surface area contributed by atoms with Gasteiger partial charge in [-0.1, -0.05) is 12.1 Å². The van der Waals surface area contributed by atoms with E-state index in [2.05, 4.69) is 0 Å². The van der Waals surface area contributed by atoms with Gasteiger partial charge in [-0.25, -0.2) is 4.39 Å². The maximum absolute atomic E-state index is 15.6. The lowest BCUT2D eigenvalue weighted by Crippen LogP contribution is -2.41. The Kier molecular flexibility index (Phi) is 4.91. The van der Waals surface area contributed by atoms with E-state index in [9.17, 15) is 9.59 Å². The first-order valence-corrected chi connectivity index (χ1v) is 13.3. The van der Waals surface area contributed by atoms with Crippen LogP contribution in [0.4, 0.5) is 4.39 Å². The smallest absolute Gasteiger partial charge is 0.256 e. The number of furan rings is 1. The number of aliphatic imine (C=N–C) groups is 1. The Morgan fingerprint density at radius 2 is 1.86 bits per heavy atom. The van der Waals surface area contributed by atoms with Gasteiger partial charge in [0.15, 0.2) is 0 Å². The number of benzene rings is 2. The van der Waals surface area contributed by atoms with Crippen molar-refractivity contribution >= 4 is 28.6 Å². The number of likely N-dealkylation sites (tertiary alicyclic amines) is 1. The fourth-order valence-corrected chi connectivity index (χ4v) is 5.90. The fourth-order valence-electron chi connectivity index (χ4n) is 5.90. The molecule has 1 aromatic heterocycles. The molecule has 3 heterocycles. The highest BCUT2D eigenvalue weighted by Crippen LogP contribution is 2.46. The molecular formula is C30H30FN3O3. The molecule has 37 heavy (non-hydrogen) atoms. The first kappa shape index (κ1) is 22.7. The lowest BCUT2D eigenvalue weighted by Gasteiger charge is -2.24. The van der Waals surface area contributed by atoms with E-state index in [0.717, 1.165) is 59.2 Å². The number of nitrogens with zero attached hydrogens (tertiary/aromatic N) is 3. The van der Waals surface area contributed by atoms with E-state index in [0.29, 0.717) is 37.3 Å². The predicted molar refractivity (Wildman–Crippen MR) is 139 cm³/mol. The van der Waals surface area contributed by atoms with Crippen molar-refractivity contribution < 1.29 is 18.4 Å². The van der Waals surface area contributed by atoms with Crippen LogP contribution < -0.4 is 0 Å². The maximum atomic E-state index is 15.6. The van der Waals surface area contributed by atoms with E-state index in [1.165, 1.54) is 6.07 Å². The first-order chi connectivity index (χ1) is 17.8. The second kappa shape index (κ2) is 8.01. The molecule has 0 bridgehead atoms. The van der Waals surface area contributed by atoms with E-state index in [1.807, 2.05) is 43.0 Å². The number of amides is 2. The van der Waals surface area contributed by atoms with Crippen molar-refractivity contribution in [2.75, 3.05) is 19.6 Å². The third-order valence-corrected chi connectivity index (χ3v) is 8.63. The maximum Gasteiger partial charge on any atom is 0.256 e. The van der Waals surface area contributed by atoms with Gasteiger partial charge in [0.1, 0.15) is 28.5 Å². The van der Waals surface area contributed by atoms with Gasteiger partial charge >= 0.3 is 0 Å². The number of halogens is 1. The van der Waals surface area contributed by atoms with Crippen LogP contribution >= 0.6 is 0 Å². The summed E-state index contributed by atoms with van der Waals surface area (Å²) in [5.41, 5.74) is 3.25. The molecule has 2 amide bonds. The Bertz CT molecular complexity index is 1500. The summed E-state index contributed by atoms with van der Waals surface area (Å²) >= 11 is 0. The zero-order valence-corrected chi connectivity index (χ0v) is 21.2. The third-order valence-electron chi connectivity index (χ3n) is 8.63. The summed E-state index contributed by atoms with van der Waals surface area (Å²) < 4.78 is 21.4. The van der Waals surface area contributed by atoms with Crippen molar-refractivity contribution in [1.82, 2.24) is 9.80 Å². The number of carbonyl (C=O) groups excluding carboxylic acids is 2. The summed E-state index contributed by atoms with van der Waals surface area (Å²) in [4.78, 5) is 34.3. The number of rotatable bonds is 5. The van der Waals surface area contributed by atoms with Crippen LogP contribution in [0.3, 0.4) is 0 Å². The minimum Gasteiger partial charge on any atom is -0.461 e. The third kappa shape index (κ3) is 3.70. The minimum atomic E-state index is -0.704. The van der Waals surface area contributed by atoms with Crippen molar-refractivity contribution in [1.29, 1.82) is 0 Å². The van der Waals surface area contributed by atoms with Crippen LogP contribution in [-0.4, -0.2) is 52.6 Å². The number of hydrogen-bond donors (Lipinski definition) is 0. The molecule has 1 spiro atoms. The van der Waals surface area contributed by atoms with Crippen LogP contribution in [0.2, 0.25) is 0 Å². The SMILES string of the molecule is Cc1oc2ccc(-c3ccc(C4=NC5(CC5)C(=O)N4CC4CCN(C(=O)C5CC5)C4)c(F)c3)cc2c1C. The van der Waals surface area contributed by atoms with Crippen LogP contribution in [-0.2, 0) is 9.59 Å². The zero-order chi connectivity index (χ0) is 25.5. The largest absolute Gasteiger partial charge is 0.461 e. The van der Waals surface area contributed by atoms with Gasteiger partial charge in [0.05, 0.1) is 5.56 Å². The fraction of sp³-hybridized carbons (Fsp3) is 0.433. The Morgan fingerprint density at radius 1 is 1.11 bits per heavy atom. The van der Waals surface area contributed by atoms with Crippen molar-refractivity contribution in [3.8, 4) is 11.1 Å². The van der Waals surface area contributed by atoms with Crippen molar-refractivity contribution in [3.63, 3.8) is 0 Å². The van der Waals surface area contributed by atoms with E-state index in [-0.39, 0.29) is 29.5 Å².